The number of alkyl halides is 3. The highest BCUT2D eigenvalue weighted by molar-refractivity contribution is 5.81. The summed E-state index contributed by atoms with van der Waals surface area (Å²) in [5, 5.41) is 2.26. The molecular weight excluding hydrogens is 327 g/mol. The summed E-state index contributed by atoms with van der Waals surface area (Å²) in [7, 11) is 0. The molecule has 1 rings (SSSR count). The Morgan fingerprint density at radius 3 is 2.21 bits per heavy atom. The van der Waals surface area contributed by atoms with Crippen molar-refractivity contribution in [2.75, 3.05) is 6.61 Å². The third-order valence-electron chi connectivity index (χ3n) is 2.64. The van der Waals surface area contributed by atoms with Crippen LogP contribution < -0.4 is 5.32 Å². The van der Waals surface area contributed by atoms with Gasteiger partial charge in [-0.25, -0.2) is 9.59 Å². The predicted molar refractivity (Wildman–Crippen MR) is 80.3 cm³/mol. The van der Waals surface area contributed by atoms with E-state index in [9.17, 15) is 22.8 Å². The number of nitrogens with one attached hydrogen (secondary N) is 1. The summed E-state index contributed by atoms with van der Waals surface area (Å²) < 4.78 is 45.9. The SMILES string of the molecule is CC(C)(C)OC(=O)N[C@@H](Cc1ccccc1)C(=O)OCC(F)(F)F. The summed E-state index contributed by atoms with van der Waals surface area (Å²) >= 11 is 0. The van der Waals surface area contributed by atoms with Crippen molar-refractivity contribution in [2.24, 2.45) is 0 Å². The van der Waals surface area contributed by atoms with Gasteiger partial charge in [-0.05, 0) is 26.3 Å². The molecule has 0 radical (unpaired) electrons. The molecule has 0 saturated heterocycles. The number of alkyl carbamates (subject to hydrolysis) is 1. The fourth-order valence-corrected chi connectivity index (χ4v) is 1.75. The number of ether oxygens (including phenoxy) is 2. The number of esters is 1. The molecule has 0 heterocycles. The van der Waals surface area contributed by atoms with Crippen molar-refractivity contribution in [3.8, 4) is 0 Å². The van der Waals surface area contributed by atoms with Gasteiger partial charge >= 0.3 is 18.2 Å². The topological polar surface area (TPSA) is 64.6 Å². The van der Waals surface area contributed by atoms with Crippen LogP contribution in [0.5, 0.6) is 0 Å². The predicted octanol–water partition coefficient (Wildman–Crippen LogP) is 3.23. The highest BCUT2D eigenvalue weighted by Crippen LogP contribution is 2.15. The van der Waals surface area contributed by atoms with Gasteiger partial charge in [0.25, 0.3) is 0 Å². The summed E-state index contributed by atoms with van der Waals surface area (Å²) in [5.74, 6) is -1.18. The van der Waals surface area contributed by atoms with Crippen LogP contribution >= 0.6 is 0 Å². The molecular formula is C16H20F3NO4. The Kier molecular flexibility index (Phi) is 6.62. The number of halogens is 3. The van der Waals surface area contributed by atoms with E-state index in [2.05, 4.69) is 10.1 Å². The van der Waals surface area contributed by atoms with Gasteiger partial charge in [-0.3, -0.25) is 0 Å². The second-order valence-electron chi connectivity index (χ2n) is 6.11. The Hall–Kier alpha value is -2.25. The lowest BCUT2D eigenvalue weighted by Crippen LogP contribution is -2.46. The van der Waals surface area contributed by atoms with E-state index in [1.165, 1.54) is 0 Å². The highest BCUT2D eigenvalue weighted by Gasteiger charge is 2.32. The first-order valence-electron chi connectivity index (χ1n) is 7.23. The van der Waals surface area contributed by atoms with E-state index in [1.54, 1.807) is 51.1 Å². The molecule has 0 aliphatic rings. The van der Waals surface area contributed by atoms with Gasteiger partial charge in [-0.1, -0.05) is 30.3 Å². The number of carbonyl (C=O) groups excluding carboxylic acids is 2. The lowest BCUT2D eigenvalue weighted by atomic mass is 10.1. The van der Waals surface area contributed by atoms with E-state index in [-0.39, 0.29) is 6.42 Å². The third-order valence-corrected chi connectivity index (χ3v) is 2.64. The average Bonchev–Trinajstić information content (AvgIpc) is 2.42. The molecule has 0 saturated carbocycles. The fourth-order valence-electron chi connectivity index (χ4n) is 1.75. The van der Waals surface area contributed by atoms with E-state index in [1.807, 2.05) is 0 Å². The van der Waals surface area contributed by atoms with Crippen LogP contribution in [-0.4, -0.2) is 36.5 Å². The molecule has 1 amide bonds. The van der Waals surface area contributed by atoms with Gasteiger partial charge in [0.15, 0.2) is 6.61 Å². The number of carbonyl (C=O) groups is 2. The van der Waals surface area contributed by atoms with Crippen molar-refractivity contribution in [2.45, 2.75) is 45.0 Å². The zero-order chi connectivity index (χ0) is 18.4. The van der Waals surface area contributed by atoms with E-state index in [0.29, 0.717) is 5.56 Å². The van der Waals surface area contributed by atoms with Crippen LogP contribution in [0.25, 0.3) is 0 Å². The Balaban J connectivity index is 2.78. The van der Waals surface area contributed by atoms with Gasteiger partial charge in [-0.15, -0.1) is 0 Å². The Labute approximate surface area is 138 Å². The lowest BCUT2D eigenvalue weighted by molar-refractivity contribution is -0.187. The van der Waals surface area contributed by atoms with Crippen LogP contribution in [-0.2, 0) is 20.7 Å². The first kappa shape index (κ1) is 19.8. The van der Waals surface area contributed by atoms with Crippen LogP contribution in [0.15, 0.2) is 30.3 Å². The van der Waals surface area contributed by atoms with Crippen molar-refractivity contribution < 1.29 is 32.2 Å². The first-order chi connectivity index (χ1) is 11.0. The summed E-state index contributed by atoms with van der Waals surface area (Å²) in [6, 6.07) is 7.25. The maximum Gasteiger partial charge on any atom is 0.422 e. The Morgan fingerprint density at radius 2 is 1.71 bits per heavy atom. The molecule has 0 aliphatic heterocycles. The van der Waals surface area contributed by atoms with E-state index in [0.717, 1.165) is 0 Å². The fraction of sp³-hybridized carbons (Fsp3) is 0.500. The minimum atomic E-state index is -4.64. The third kappa shape index (κ3) is 8.40. The molecule has 0 aromatic heterocycles. The van der Waals surface area contributed by atoms with Crippen LogP contribution in [0.3, 0.4) is 0 Å². The molecule has 1 N–H and O–H groups in total. The minimum Gasteiger partial charge on any atom is -0.454 e. The van der Waals surface area contributed by atoms with E-state index >= 15 is 0 Å². The van der Waals surface area contributed by atoms with Crippen LogP contribution in [0, 0.1) is 0 Å². The molecule has 1 atom stereocenters. The minimum absolute atomic E-state index is 0.0171. The molecule has 0 spiro atoms. The van der Waals surface area contributed by atoms with E-state index < -0.39 is 36.5 Å². The van der Waals surface area contributed by atoms with Crippen molar-refractivity contribution in [3.05, 3.63) is 35.9 Å². The lowest BCUT2D eigenvalue weighted by Gasteiger charge is -2.23. The van der Waals surface area contributed by atoms with Crippen molar-refractivity contribution in [1.82, 2.24) is 5.32 Å². The number of rotatable bonds is 5. The molecule has 1 aromatic rings. The highest BCUT2D eigenvalue weighted by atomic mass is 19.4. The molecule has 134 valence electrons. The zero-order valence-corrected chi connectivity index (χ0v) is 13.6. The second kappa shape index (κ2) is 8.03. The van der Waals surface area contributed by atoms with Crippen LogP contribution in [0.4, 0.5) is 18.0 Å². The Bertz CT molecular complexity index is 553. The number of hydrogen-bond donors (Lipinski definition) is 1. The van der Waals surface area contributed by atoms with Gasteiger partial charge in [0.05, 0.1) is 0 Å². The molecule has 0 unspecified atom stereocenters. The average molecular weight is 347 g/mol. The standard InChI is InChI=1S/C16H20F3NO4/c1-15(2,3)24-14(22)20-12(9-11-7-5-4-6-8-11)13(21)23-10-16(17,18)19/h4-8,12H,9-10H2,1-3H3,(H,20,22)/t12-/m0/s1. The normalized spacial score (nSPS) is 13.1. The molecule has 0 fully saturated rings. The largest absolute Gasteiger partial charge is 0.454 e. The van der Waals surface area contributed by atoms with Gasteiger partial charge in [0, 0.05) is 6.42 Å². The number of benzene rings is 1. The monoisotopic (exact) mass is 347 g/mol. The molecule has 8 heteroatoms. The quantitative estimate of drug-likeness (QED) is 0.831. The summed E-state index contributed by atoms with van der Waals surface area (Å²) in [4.78, 5) is 23.7. The van der Waals surface area contributed by atoms with E-state index in [4.69, 9.17) is 4.74 Å². The van der Waals surface area contributed by atoms with Gasteiger partial charge in [0.1, 0.15) is 11.6 Å². The molecule has 5 nitrogen and oxygen atoms in total. The molecule has 0 aliphatic carbocycles. The first-order valence-corrected chi connectivity index (χ1v) is 7.23. The number of hydrogen-bond acceptors (Lipinski definition) is 4. The zero-order valence-electron chi connectivity index (χ0n) is 13.6. The van der Waals surface area contributed by atoms with Crippen molar-refractivity contribution in [1.29, 1.82) is 0 Å². The summed E-state index contributed by atoms with van der Waals surface area (Å²) in [5.41, 5.74) is -0.153. The maximum absolute atomic E-state index is 12.2. The van der Waals surface area contributed by atoms with Gasteiger partial charge in [0.2, 0.25) is 0 Å². The second-order valence-corrected chi connectivity index (χ2v) is 6.11. The molecule has 24 heavy (non-hydrogen) atoms. The van der Waals surface area contributed by atoms with Crippen molar-refractivity contribution >= 4 is 12.1 Å². The molecule has 0 bridgehead atoms. The molecule has 1 aromatic carbocycles. The van der Waals surface area contributed by atoms with Crippen molar-refractivity contribution in [3.63, 3.8) is 0 Å². The Morgan fingerprint density at radius 1 is 1.12 bits per heavy atom. The summed E-state index contributed by atoms with van der Waals surface area (Å²) in [6.45, 7) is 3.16. The summed E-state index contributed by atoms with van der Waals surface area (Å²) in [6.07, 6.45) is -5.57. The smallest absolute Gasteiger partial charge is 0.422 e. The van der Waals surface area contributed by atoms with Gasteiger partial charge in [-0.2, -0.15) is 13.2 Å². The van der Waals surface area contributed by atoms with Gasteiger partial charge < -0.3 is 14.8 Å². The number of amides is 1. The van der Waals surface area contributed by atoms with Crippen LogP contribution in [0.1, 0.15) is 26.3 Å². The van der Waals surface area contributed by atoms with Crippen LogP contribution in [0.2, 0.25) is 0 Å². The maximum atomic E-state index is 12.2.